The molecule has 6 aromatic carbocycles. The van der Waals surface area contributed by atoms with Crippen molar-refractivity contribution in [3.8, 4) is 16.9 Å². The maximum atomic E-state index is 14.0. The molecule has 1 aliphatic carbocycles. The molecule has 0 heterocycles. The number of amides is 1. The van der Waals surface area contributed by atoms with E-state index in [1.54, 1.807) is 0 Å². The summed E-state index contributed by atoms with van der Waals surface area (Å²) in [5, 5.41) is 6.03. The zero-order chi connectivity index (χ0) is 32.7. The highest BCUT2D eigenvalue weighted by atomic mass is 31.1. The molecule has 5 nitrogen and oxygen atoms in total. The number of para-hydroxylation sites is 1. The topological polar surface area (TPSA) is 64.6 Å². The van der Waals surface area contributed by atoms with Crippen LogP contribution in [0, 0.1) is 0 Å². The van der Waals surface area contributed by atoms with E-state index < -0.39 is 26.0 Å². The number of alkyl carbamates (subject to hydrolysis) is 1. The van der Waals surface area contributed by atoms with E-state index in [1.165, 1.54) is 0 Å². The second-order valence-electron chi connectivity index (χ2n) is 11.6. The van der Waals surface area contributed by atoms with Crippen LogP contribution >= 0.6 is 7.92 Å². The zero-order valence-corrected chi connectivity index (χ0v) is 27.1. The molecule has 7 rings (SSSR count). The van der Waals surface area contributed by atoms with Crippen LogP contribution in [-0.2, 0) is 16.0 Å². The minimum atomic E-state index is -1.02. The van der Waals surface area contributed by atoms with E-state index in [0.717, 1.165) is 43.7 Å². The highest BCUT2D eigenvalue weighted by Crippen LogP contribution is 2.44. The molecule has 0 saturated carbocycles. The lowest BCUT2D eigenvalue weighted by atomic mass is 9.98. The highest BCUT2D eigenvalue weighted by Gasteiger charge is 2.31. The number of esters is 1. The van der Waals surface area contributed by atoms with Gasteiger partial charge in [0.1, 0.15) is 18.4 Å². The van der Waals surface area contributed by atoms with Gasteiger partial charge in [-0.05, 0) is 52.4 Å². The number of ether oxygens (including phenoxy) is 2. The van der Waals surface area contributed by atoms with Gasteiger partial charge in [-0.25, -0.2) is 9.59 Å². The molecule has 0 spiro atoms. The molecule has 1 amide bonds. The summed E-state index contributed by atoms with van der Waals surface area (Å²) in [4.78, 5) is 27.4. The van der Waals surface area contributed by atoms with Gasteiger partial charge in [-0.1, -0.05) is 158 Å². The van der Waals surface area contributed by atoms with Gasteiger partial charge < -0.3 is 14.8 Å². The minimum absolute atomic E-state index is 0.0928. The summed E-state index contributed by atoms with van der Waals surface area (Å²) in [7, 11) is -1.02. The Kier molecular flexibility index (Phi) is 9.40. The van der Waals surface area contributed by atoms with Gasteiger partial charge in [0, 0.05) is 17.6 Å². The van der Waals surface area contributed by atoms with Crippen LogP contribution in [0.5, 0.6) is 5.75 Å². The average Bonchev–Trinajstić information content (AvgIpc) is 3.46. The molecule has 6 heteroatoms. The van der Waals surface area contributed by atoms with E-state index >= 15 is 0 Å². The Balaban J connectivity index is 1.13. The third-order valence-electron chi connectivity index (χ3n) is 8.55. The number of fused-ring (bicyclic) bond motifs is 3. The number of carbonyl (C=O) groups is 2. The van der Waals surface area contributed by atoms with E-state index in [4.69, 9.17) is 9.47 Å². The van der Waals surface area contributed by atoms with Gasteiger partial charge >= 0.3 is 12.1 Å². The summed E-state index contributed by atoms with van der Waals surface area (Å²) in [6.07, 6.45) is -0.420. The molecule has 48 heavy (non-hydrogen) atoms. The van der Waals surface area contributed by atoms with Crippen molar-refractivity contribution in [2.24, 2.45) is 0 Å². The number of hydrogen-bond donors (Lipinski definition) is 1. The number of carbonyl (C=O) groups excluding carboxylic acids is 2. The summed E-state index contributed by atoms with van der Waals surface area (Å²) in [5.74, 6) is -0.186. The first-order valence-corrected chi connectivity index (χ1v) is 17.4. The Morgan fingerprint density at radius 1 is 0.604 bits per heavy atom. The van der Waals surface area contributed by atoms with Crippen LogP contribution in [0.3, 0.4) is 0 Å². The summed E-state index contributed by atoms with van der Waals surface area (Å²) in [6, 6.07) is 53.2. The van der Waals surface area contributed by atoms with Crippen molar-refractivity contribution in [2.75, 3.05) is 6.61 Å². The Labute approximate surface area is 282 Å². The van der Waals surface area contributed by atoms with Crippen LogP contribution in [0.15, 0.2) is 164 Å². The zero-order valence-electron chi connectivity index (χ0n) is 26.2. The quantitative estimate of drug-likeness (QED) is 0.0951. The molecule has 0 fully saturated rings. The molecular weight excluding hydrogens is 613 g/mol. The van der Waals surface area contributed by atoms with Gasteiger partial charge in [-0.2, -0.15) is 0 Å². The Morgan fingerprint density at radius 2 is 1.10 bits per heavy atom. The number of nitrogens with one attached hydrogen (secondary N) is 1. The molecule has 1 atom stereocenters. The lowest BCUT2D eigenvalue weighted by Gasteiger charge is -2.23. The van der Waals surface area contributed by atoms with Crippen LogP contribution in [0.2, 0.25) is 0 Å². The molecule has 0 radical (unpaired) electrons. The van der Waals surface area contributed by atoms with Gasteiger partial charge in [0.2, 0.25) is 0 Å². The van der Waals surface area contributed by atoms with Crippen LogP contribution in [0.1, 0.15) is 22.6 Å². The first kappa shape index (κ1) is 31.1. The minimum Gasteiger partial charge on any atom is -0.449 e. The maximum absolute atomic E-state index is 14.0. The molecule has 0 bridgehead atoms. The third-order valence-corrected chi connectivity index (χ3v) is 11.0. The van der Waals surface area contributed by atoms with Crippen LogP contribution in [-0.4, -0.2) is 24.7 Å². The van der Waals surface area contributed by atoms with Crippen LogP contribution in [0.4, 0.5) is 4.79 Å². The second-order valence-corrected chi connectivity index (χ2v) is 13.8. The summed E-state index contributed by atoms with van der Waals surface area (Å²) >= 11 is 0. The van der Waals surface area contributed by atoms with E-state index in [2.05, 4.69) is 53.8 Å². The molecule has 236 valence electrons. The molecule has 1 aliphatic rings. The number of rotatable bonds is 10. The van der Waals surface area contributed by atoms with Gasteiger partial charge in [-0.3, -0.25) is 0 Å². The van der Waals surface area contributed by atoms with Gasteiger partial charge in [0.25, 0.3) is 0 Å². The normalized spacial score (nSPS) is 12.5. The van der Waals surface area contributed by atoms with E-state index in [9.17, 15) is 9.59 Å². The fourth-order valence-corrected chi connectivity index (χ4v) is 8.69. The van der Waals surface area contributed by atoms with E-state index in [0.29, 0.717) is 5.75 Å². The summed E-state index contributed by atoms with van der Waals surface area (Å²) < 4.78 is 12.0. The molecule has 0 aliphatic heterocycles. The van der Waals surface area contributed by atoms with Crippen molar-refractivity contribution < 1.29 is 19.1 Å². The van der Waals surface area contributed by atoms with E-state index in [1.807, 2.05) is 115 Å². The maximum Gasteiger partial charge on any atom is 0.407 e. The summed E-state index contributed by atoms with van der Waals surface area (Å²) in [5.41, 5.74) is 5.44. The van der Waals surface area contributed by atoms with Crippen molar-refractivity contribution >= 4 is 35.9 Å². The third kappa shape index (κ3) is 6.78. The molecular formula is C42H34NO4P. The first-order valence-electron chi connectivity index (χ1n) is 16.0. The molecule has 0 unspecified atom stereocenters. The smallest absolute Gasteiger partial charge is 0.407 e. The Bertz CT molecular complexity index is 1930. The van der Waals surface area contributed by atoms with Gasteiger partial charge in [0.15, 0.2) is 0 Å². The van der Waals surface area contributed by atoms with Crippen molar-refractivity contribution in [1.29, 1.82) is 0 Å². The SMILES string of the molecule is O=C(N[C@H](Cc1ccccc1)C(=O)Oc1ccccc1P(c1ccccc1)c1ccccc1)OCC1c2ccccc2-c2ccccc21. The molecule has 1 N–H and O–H groups in total. The van der Waals surface area contributed by atoms with E-state index in [-0.39, 0.29) is 18.9 Å². The second kappa shape index (κ2) is 14.5. The highest BCUT2D eigenvalue weighted by molar-refractivity contribution is 7.80. The Hall–Kier alpha value is -5.51. The fourth-order valence-electron chi connectivity index (χ4n) is 6.31. The lowest BCUT2D eigenvalue weighted by molar-refractivity contribution is -0.136. The van der Waals surface area contributed by atoms with Crippen molar-refractivity contribution in [2.45, 2.75) is 18.4 Å². The largest absolute Gasteiger partial charge is 0.449 e. The fraction of sp³-hybridized carbons (Fsp3) is 0.0952. The monoisotopic (exact) mass is 647 g/mol. The Morgan fingerprint density at radius 3 is 1.71 bits per heavy atom. The summed E-state index contributed by atoms with van der Waals surface area (Å²) in [6.45, 7) is 0.147. The van der Waals surface area contributed by atoms with Crippen molar-refractivity contribution in [3.05, 3.63) is 180 Å². The van der Waals surface area contributed by atoms with Crippen LogP contribution < -0.4 is 26.0 Å². The number of benzene rings is 6. The van der Waals surface area contributed by atoms with Gasteiger partial charge in [-0.15, -0.1) is 0 Å². The lowest BCUT2D eigenvalue weighted by Crippen LogP contribution is -2.45. The molecule has 0 saturated heterocycles. The standard InChI is InChI=1S/C42H34NO4P/c44-41(47-39-26-14-15-27-40(39)48(31-18-6-2-7-19-31)32-20-8-3-9-21-32)38(28-30-16-4-1-5-17-30)43-42(45)46-29-37-35-24-12-10-22-33(35)34-23-11-13-25-36(34)37/h1-27,37-38H,28-29H2,(H,43,45)/t38-/m1/s1. The van der Waals surface area contributed by atoms with Crippen molar-refractivity contribution in [1.82, 2.24) is 5.32 Å². The van der Waals surface area contributed by atoms with Crippen LogP contribution in [0.25, 0.3) is 11.1 Å². The number of hydrogen-bond acceptors (Lipinski definition) is 4. The van der Waals surface area contributed by atoms with Gasteiger partial charge in [0.05, 0.1) is 0 Å². The average molecular weight is 648 g/mol. The predicted molar refractivity (Wildman–Crippen MR) is 193 cm³/mol. The molecule has 6 aromatic rings. The predicted octanol–water partition coefficient (Wildman–Crippen LogP) is 7.50. The first-order chi connectivity index (χ1) is 23.7. The van der Waals surface area contributed by atoms with Crippen molar-refractivity contribution in [3.63, 3.8) is 0 Å². The molecule has 0 aromatic heterocycles.